The molecule has 3 aromatic rings. The van der Waals surface area contributed by atoms with Crippen molar-refractivity contribution in [3.8, 4) is 0 Å². The molecule has 0 saturated carbocycles. The number of hydrogen-bond donors (Lipinski definition) is 2. The molecule has 0 saturated heterocycles. The average Bonchev–Trinajstić information content (AvgIpc) is 3.24. The summed E-state index contributed by atoms with van der Waals surface area (Å²) in [6.45, 7) is 1.70. The van der Waals surface area contributed by atoms with Crippen LogP contribution in [-0.4, -0.2) is 17.9 Å². The van der Waals surface area contributed by atoms with E-state index in [1.807, 2.05) is 72.1 Å². The Morgan fingerprint density at radius 3 is 2.19 bits per heavy atom. The molecule has 0 radical (unpaired) electrons. The summed E-state index contributed by atoms with van der Waals surface area (Å²) in [6.07, 6.45) is 0.683. The van der Waals surface area contributed by atoms with Crippen LogP contribution < -0.4 is 10.6 Å². The van der Waals surface area contributed by atoms with Gasteiger partial charge >= 0.3 is 0 Å². The van der Waals surface area contributed by atoms with Gasteiger partial charge in [0.1, 0.15) is 6.04 Å². The van der Waals surface area contributed by atoms with Gasteiger partial charge in [-0.05, 0) is 35.9 Å². The molecule has 0 aliphatic rings. The molecule has 138 valence electrons. The molecule has 0 spiro atoms. The molecule has 2 aromatic carbocycles. The Bertz CT molecular complexity index is 864. The maximum Gasteiger partial charge on any atom is 0.261 e. The minimum atomic E-state index is -0.624. The first-order valence-electron chi connectivity index (χ1n) is 8.87. The number of hydrogen-bond acceptors (Lipinski definition) is 3. The second-order valence-electron chi connectivity index (χ2n) is 6.33. The fraction of sp³-hybridized carbons (Fsp3) is 0.182. The second-order valence-corrected chi connectivity index (χ2v) is 7.28. The summed E-state index contributed by atoms with van der Waals surface area (Å²) >= 11 is 1.35. The van der Waals surface area contributed by atoms with Crippen LogP contribution in [0.2, 0.25) is 0 Å². The highest BCUT2D eigenvalue weighted by atomic mass is 32.1. The zero-order valence-electron chi connectivity index (χ0n) is 15.1. The quantitative estimate of drug-likeness (QED) is 0.654. The van der Waals surface area contributed by atoms with E-state index in [2.05, 4.69) is 10.6 Å². The van der Waals surface area contributed by atoms with E-state index in [0.717, 1.165) is 11.1 Å². The van der Waals surface area contributed by atoms with Crippen LogP contribution >= 0.6 is 11.3 Å². The summed E-state index contributed by atoms with van der Waals surface area (Å²) in [7, 11) is 0. The Labute approximate surface area is 163 Å². The number of benzene rings is 2. The van der Waals surface area contributed by atoms with E-state index in [4.69, 9.17) is 0 Å². The smallest absolute Gasteiger partial charge is 0.261 e. The van der Waals surface area contributed by atoms with E-state index < -0.39 is 6.04 Å². The summed E-state index contributed by atoms with van der Waals surface area (Å²) in [5.41, 5.74) is 2.17. The average molecular weight is 378 g/mol. The molecule has 2 N–H and O–H groups in total. The van der Waals surface area contributed by atoms with Gasteiger partial charge in [-0.15, -0.1) is 11.3 Å². The van der Waals surface area contributed by atoms with Crippen LogP contribution in [-0.2, 0) is 11.2 Å². The van der Waals surface area contributed by atoms with Crippen LogP contribution in [0.15, 0.2) is 78.2 Å². The first-order chi connectivity index (χ1) is 13.1. The van der Waals surface area contributed by atoms with Crippen LogP contribution in [0.4, 0.5) is 0 Å². The normalized spacial score (nSPS) is 12.8. The lowest BCUT2D eigenvalue weighted by molar-refractivity contribution is -0.123. The van der Waals surface area contributed by atoms with Gasteiger partial charge in [0.15, 0.2) is 0 Å². The predicted octanol–water partition coefficient (Wildman–Crippen LogP) is 3.97. The Morgan fingerprint density at radius 1 is 0.889 bits per heavy atom. The Morgan fingerprint density at radius 2 is 1.56 bits per heavy atom. The van der Waals surface area contributed by atoms with Crippen molar-refractivity contribution >= 4 is 23.2 Å². The second kappa shape index (κ2) is 9.14. The van der Waals surface area contributed by atoms with E-state index in [1.165, 1.54) is 11.3 Å². The summed E-state index contributed by atoms with van der Waals surface area (Å²) in [5.74, 6) is -0.434. The number of nitrogens with one attached hydrogen (secondary N) is 2. The molecule has 27 heavy (non-hydrogen) atoms. The number of carbonyl (C=O) groups is 2. The maximum absolute atomic E-state index is 12.7. The van der Waals surface area contributed by atoms with Crippen LogP contribution in [0, 0.1) is 0 Å². The number of rotatable bonds is 7. The highest BCUT2D eigenvalue weighted by Gasteiger charge is 2.21. The van der Waals surface area contributed by atoms with Gasteiger partial charge in [0.05, 0.1) is 10.9 Å². The summed E-state index contributed by atoms with van der Waals surface area (Å²) in [5, 5.41) is 7.68. The van der Waals surface area contributed by atoms with Crippen LogP contribution in [0.25, 0.3) is 0 Å². The van der Waals surface area contributed by atoms with Crippen molar-refractivity contribution in [3.05, 3.63) is 94.2 Å². The Hall–Kier alpha value is -2.92. The topological polar surface area (TPSA) is 58.2 Å². The fourth-order valence-corrected chi connectivity index (χ4v) is 3.45. The number of amides is 2. The molecule has 0 aliphatic carbocycles. The van der Waals surface area contributed by atoms with Crippen molar-refractivity contribution < 1.29 is 9.59 Å². The molecule has 0 aliphatic heterocycles. The van der Waals surface area contributed by atoms with Gasteiger partial charge in [-0.3, -0.25) is 9.59 Å². The van der Waals surface area contributed by atoms with Crippen molar-refractivity contribution in [2.24, 2.45) is 0 Å². The molecule has 4 nitrogen and oxygen atoms in total. The lowest BCUT2D eigenvalue weighted by atomic mass is 9.98. The van der Waals surface area contributed by atoms with Crippen molar-refractivity contribution in [2.45, 2.75) is 25.4 Å². The van der Waals surface area contributed by atoms with Gasteiger partial charge in [-0.25, -0.2) is 0 Å². The monoisotopic (exact) mass is 378 g/mol. The minimum absolute atomic E-state index is 0.165. The zero-order valence-corrected chi connectivity index (χ0v) is 15.9. The fourth-order valence-electron chi connectivity index (χ4n) is 2.83. The Kier molecular flexibility index (Phi) is 6.39. The zero-order chi connectivity index (χ0) is 19.1. The maximum atomic E-state index is 12.7. The van der Waals surface area contributed by atoms with E-state index in [9.17, 15) is 9.59 Å². The van der Waals surface area contributed by atoms with Gasteiger partial charge in [0, 0.05) is 0 Å². The van der Waals surface area contributed by atoms with Crippen molar-refractivity contribution in [1.82, 2.24) is 10.6 Å². The molecular weight excluding hydrogens is 356 g/mol. The van der Waals surface area contributed by atoms with Gasteiger partial charge in [0.2, 0.25) is 5.91 Å². The number of carbonyl (C=O) groups excluding carboxylic acids is 2. The van der Waals surface area contributed by atoms with Gasteiger partial charge in [-0.1, -0.05) is 66.7 Å². The van der Waals surface area contributed by atoms with E-state index in [0.29, 0.717) is 11.3 Å². The molecule has 2 unspecified atom stereocenters. The third kappa shape index (κ3) is 5.28. The first kappa shape index (κ1) is 18.9. The standard InChI is InChI=1S/C22H22N2O2S/c1-16(23-22(26)20-13-8-14-27-20)21(25)24-19(18-11-6-3-7-12-18)15-17-9-4-2-5-10-17/h2-14,16,19H,15H2,1H3,(H,23,26)(H,24,25). The molecule has 0 fully saturated rings. The molecule has 0 bridgehead atoms. The first-order valence-corrected chi connectivity index (χ1v) is 9.75. The SMILES string of the molecule is CC(NC(=O)c1cccs1)C(=O)NC(Cc1ccccc1)c1ccccc1. The minimum Gasteiger partial charge on any atom is -0.347 e. The van der Waals surface area contributed by atoms with Gasteiger partial charge in [-0.2, -0.15) is 0 Å². The molecule has 3 rings (SSSR count). The van der Waals surface area contributed by atoms with Gasteiger partial charge in [0.25, 0.3) is 5.91 Å². The lowest BCUT2D eigenvalue weighted by Gasteiger charge is -2.22. The molecule has 2 atom stereocenters. The van der Waals surface area contributed by atoms with E-state index >= 15 is 0 Å². The summed E-state index contributed by atoms with van der Waals surface area (Å²) in [4.78, 5) is 25.5. The molecule has 1 heterocycles. The van der Waals surface area contributed by atoms with Crippen LogP contribution in [0.1, 0.15) is 33.8 Å². The molecule has 2 amide bonds. The lowest BCUT2D eigenvalue weighted by Crippen LogP contribution is -2.46. The highest BCUT2D eigenvalue weighted by Crippen LogP contribution is 2.18. The molecule has 5 heteroatoms. The van der Waals surface area contributed by atoms with Crippen LogP contribution in [0.5, 0.6) is 0 Å². The predicted molar refractivity (Wildman–Crippen MR) is 109 cm³/mol. The summed E-state index contributed by atoms with van der Waals surface area (Å²) < 4.78 is 0. The van der Waals surface area contributed by atoms with Crippen molar-refractivity contribution in [2.75, 3.05) is 0 Å². The van der Waals surface area contributed by atoms with Crippen molar-refractivity contribution in [3.63, 3.8) is 0 Å². The van der Waals surface area contributed by atoms with E-state index in [-0.39, 0.29) is 17.9 Å². The van der Waals surface area contributed by atoms with Crippen LogP contribution in [0.3, 0.4) is 0 Å². The van der Waals surface area contributed by atoms with Crippen molar-refractivity contribution in [1.29, 1.82) is 0 Å². The third-order valence-electron chi connectivity index (χ3n) is 4.29. The molecule has 1 aromatic heterocycles. The van der Waals surface area contributed by atoms with Gasteiger partial charge < -0.3 is 10.6 Å². The third-order valence-corrected chi connectivity index (χ3v) is 5.16. The largest absolute Gasteiger partial charge is 0.347 e. The molecular formula is C22H22N2O2S. The summed E-state index contributed by atoms with van der Waals surface area (Å²) in [6, 6.07) is 22.7. The Balaban J connectivity index is 1.69. The number of thiophene rings is 1. The van der Waals surface area contributed by atoms with E-state index in [1.54, 1.807) is 13.0 Å². The highest BCUT2D eigenvalue weighted by molar-refractivity contribution is 7.12.